The van der Waals surface area contributed by atoms with Gasteiger partial charge in [-0.3, -0.25) is 4.79 Å². The molecule has 94 valence electrons. The van der Waals surface area contributed by atoms with Gasteiger partial charge in [-0.05, 0) is 43.9 Å². The number of halogens is 1. The Labute approximate surface area is 101 Å². The van der Waals surface area contributed by atoms with E-state index in [1.54, 1.807) is 32.9 Å². The van der Waals surface area contributed by atoms with Crippen LogP contribution >= 0.6 is 0 Å². The van der Waals surface area contributed by atoms with E-state index in [2.05, 4.69) is 0 Å². The predicted octanol–water partition coefficient (Wildman–Crippen LogP) is 1.88. The number of carbonyl (C=O) groups excluding carboxylic acids is 1. The lowest BCUT2D eigenvalue weighted by Crippen LogP contribution is -2.34. The molecule has 0 radical (unpaired) electrons. The number of aryl methyl sites for hydroxylation is 1. The SMILES string of the molecule is CCOC(=O)C(N)Cc1ccc(C)c(F)c1C. The highest BCUT2D eigenvalue weighted by atomic mass is 19.1. The third kappa shape index (κ3) is 3.27. The highest BCUT2D eigenvalue weighted by Crippen LogP contribution is 2.17. The van der Waals surface area contributed by atoms with E-state index in [1.807, 2.05) is 0 Å². The number of nitrogens with two attached hydrogens (primary N) is 1. The normalized spacial score (nSPS) is 12.3. The summed E-state index contributed by atoms with van der Waals surface area (Å²) in [6.45, 7) is 5.42. The van der Waals surface area contributed by atoms with Gasteiger partial charge in [-0.2, -0.15) is 0 Å². The van der Waals surface area contributed by atoms with Crippen LogP contribution in [0.4, 0.5) is 4.39 Å². The Morgan fingerprint density at radius 1 is 1.47 bits per heavy atom. The molecule has 1 aromatic rings. The minimum absolute atomic E-state index is 0.237. The zero-order valence-corrected chi connectivity index (χ0v) is 10.4. The first-order chi connectivity index (χ1) is 7.97. The lowest BCUT2D eigenvalue weighted by Gasteiger charge is -2.13. The van der Waals surface area contributed by atoms with E-state index in [4.69, 9.17) is 10.5 Å². The summed E-state index contributed by atoms with van der Waals surface area (Å²) in [4.78, 5) is 11.4. The zero-order chi connectivity index (χ0) is 13.0. The maximum absolute atomic E-state index is 13.6. The molecule has 4 heteroatoms. The van der Waals surface area contributed by atoms with Crippen molar-refractivity contribution in [2.75, 3.05) is 6.61 Å². The summed E-state index contributed by atoms with van der Waals surface area (Å²) in [7, 11) is 0. The first kappa shape index (κ1) is 13.6. The average Bonchev–Trinajstić information content (AvgIpc) is 2.30. The Kier molecular flexibility index (Phi) is 4.63. The molecule has 0 aromatic heterocycles. The van der Waals surface area contributed by atoms with Gasteiger partial charge in [0.1, 0.15) is 11.9 Å². The Hall–Kier alpha value is -1.42. The molecule has 0 heterocycles. The van der Waals surface area contributed by atoms with Gasteiger partial charge < -0.3 is 10.5 Å². The minimum Gasteiger partial charge on any atom is -0.465 e. The predicted molar refractivity (Wildman–Crippen MR) is 64.2 cm³/mol. The highest BCUT2D eigenvalue weighted by Gasteiger charge is 2.17. The molecular weight excluding hydrogens is 221 g/mol. The van der Waals surface area contributed by atoms with Crippen molar-refractivity contribution in [1.29, 1.82) is 0 Å². The molecule has 1 atom stereocenters. The molecule has 0 bridgehead atoms. The van der Waals surface area contributed by atoms with E-state index < -0.39 is 12.0 Å². The van der Waals surface area contributed by atoms with Crippen LogP contribution in [-0.2, 0) is 16.0 Å². The molecule has 1 rings (SSSR count). The molecule has 0 aliphatic rings. The van der Waals surface area contributed by atoms with Crippen molar-refractivity contribution >= 4 is 5.97 Å². The molecule has 17 heavy (non-hydrogen) atoms. The third-order valence-electron chi connectivity index (χ3n) is 2.72. The Morgan fingerprint density at radius 3 is 2.71 bits per heavy atom. The quantitative estimate of drug-likeness (QED) is 0.816. The number of carbonyl (C=O) groups is 1. The van der Waals surface area contributed by atoms with Crippen molar-refractivity contribution < 1.29 is 13.9 Å². The third-order valence-corrected chi connectivity index (χ3v) is 2.72. The van der Waals surface area contributed by atoms with Crippen LogP contribution in [0.5, 0.6) is 0 Å². The Bertz CT molecular complexity index is 418. The lowest BCUT2D eigenvalue weighted by molar-refractivity contribution is -0.144. The number of ether oxygens (including phenoxy) is 1. The fourth-order valence-corrected chi connectivity index (χ4v) is 1.65. The van der Waals surface area contributed by atoms with Crippen LogP contribution < -0.4 is 5.73 Å². The maximum Gasteiger partial charge on any atom is 0.323 e. The molecule has 0 saturated heterocycles. The second kappa shape index (κ2) is 5.77. The molecule has 2 N–H and O–H groups in total. The van der Waals surface area contributed by atoms with E-state index in [1.165, 1.54) is 0 Å². The Balaban J connectivity index is 2.82. The first-order valence-corrected chi connectivity index (χ1v) is 5.64. The number of esters is 1. The highest BCUT2D eigenvalue weighted by molar-refractivity contribution is 5.75. The van der Waals surface area contributed by atoms with Crippen molar-refractivity contribution in [2.45, 2.75) is 33.2 Å². The topological polar surface area (TPSA) is 52.3 Å². The largest absolute Gasteiger partial charge is 0.465 e. The summed E-state index contributed by atoms with van der Waals surface area (Å²) in [5, 5.41) is 0. The monoisotopic (exact) mass is 239 g/mol. The van der Waals surface area contributed by atoms with E-state index in [0.717, 1.165) is 5.56 Å². The fourth-order valence-electron chi connectivity index (χ4n) is 1.65. The van der Waals surface area contributed by atoms with E-state index >= 15 is 0 Å². The lowest BCUT2D eigenvalue weighted by atomic mass is 9.99. The molecule has 1 aromatic carbocycles. The van der Waals surface area contributed by atoms with Crippen LogP contribution in [0.3, 0.4) is 0 Å². The van der Waals surface area contributed by atoms with Crippen LogP contribution in [0.1, 0.15) is 23.6 Å². The van der Waals surface area contributed by atoms with Crippen LogP contribution in [0.2, 0.25) is 0 Å². The number of hydrogen-bond acceptors (Lipinski definition) is 3. The number of hydrogen-bond donors (Lipinski definition) is 1. The molecule has 0 amide bonds. The summed E-state index contributed by atoms with van der Waals surface area (Å²) in [5.41, 5.74) is 7.58. The zero-order valence-electron chi connectivity index (χ0n) is 10.4. The smallest absolute Gasteiger partial charge is 0.323 e. The van der Waals surface area contributed by atoms with Crippen molar-refractivity contribution in [3.8, 4) is 0 Å². The Morgan fingerprint density at radius 2 is 2.12 bits per heavy atom. The van der Waals surface area contributed by atoms with Gasteiger partial charge in [0.2, 0.25) is 0 Å². The second-order valence-corrected chi connectivity index (χ2v) is 4.04. The summed E-state index contributed by atoms with van der Waals surface area (Å²) in [5.74, 6) is -0.688. The molecule has 1 unspecified atom stereocenters. The van der Waals surface area contributed by atoms with Crippen LogP contribution in [0.25, 0.3) is 0 Å². The summed E-state index contributed by atoms with van der Waals surface area (Å²) in [6, 6.07) is 2.75. The summed E-state index contributed by atoms with van der Waals surface area (Å²) < 4.78 is 18.4. The second-order valence-electron chi connectivity index (χ2n) is 4.04. The number of rotatable bonds is 4. The molecular formula is C13H18FNO2. The minimum atomic E-state index is -0.740. The maximum atomic E-state index is 13.6. The fraction of sp³-hybridized carbons (Fsp3) is 0.462. The van der Waals surface area contributed by atoms with E-state index in [9.17, 15) is 9.18 Å². The van der Waals surface area contributed by atoms with Crippen LogP contribution in [-0.4, -0.2) is 18.6 Å². The van der Waals surface area contributed by atoms with Crippen molar-refractivity contribution in [2.24, 2.45) is 5.73 Å². The van der Waals surface area contributed by atoms with Crippen molar-refractivity contribution in [3.63, 3.8) is 0 Å². The van der Waals surface area contributed by atoms with Gasteiger partial charge in [0.15, 0.2) is 0 Å². The molecule has 0 spiro atoms. The summed E-state index contributed by atoms with van der Waals surface area (Å²) >= 11 is 0. The van der Waals surface area contributed by atoms with Crippen molar-refractivity contribution in [1.82, 2.24) is 0 Å². The molecule has 0 aliphatic carbocycles. The van der Waals surface area contributed by atoms with Gasteiger partial charge in [0.25, 0.3) is 0 Å². The van der Waals surface area contributed by atoms with Crippen LogP contribution in [0.15, 0.2) is 12.1 Å². The molecule has 0 saturated carbocycles. The van der Waals surface area contributed by atoms with Gasteiger partial charge in [-0.15, -0.1) is 0 Å². The van der Waals surface area contributed by atoms with Gasteiger partial charge in [-0.25, -0.2) is 4.39 Å². The molecule has 0 aliphatic heterocycles. The van der Waals surface area contributed by atoms with Gasteiger partial charge in [-0.1, -0.05) is 12.1 Å². The van der Waals surface area contributed by atoms with Gasteiger partial charge >= 0.3 is 5.97 Å². The average molecular weight is 239 g/mol. The first-order valence-electron chi connectivity index (χ1n) is 5.64. The van der Waals surface area contributed by atoms with Gasteiger partial charge in [0.05, 0.1) is 6.61 Å². The summed E-state index contributed by atoms with van der Waals surface area (Å²) in [6.07, 6.45) is 0.294. The van der Waals surface area contributed by atoms with Crippen molar-refractivity contribution in [3.05, 3.63) is 34.6 Å². The molecule has 3 nitrogen and oxygen atoms in total. The van der Waals surface area contributed by atoms with Gasteiger partial charge in [0, 0.05) is 0 Å². The standard InChI is InChI=1S/C13H18FNO2/c1-4-17-13(16)11(15)7-10-6-5-8(2)12(14)9(10)3/h5-6,11H,4,7,15H2,1-3H3. The van der Waals surface area contributed by atoms with E-state index in [-0.39, 0.29) is 5.82 Å². The number of benzene rings is 1. The molecule has 0 fully saturated rings. The van der Waals surface area contributed by atoms with E-state index in [0.29, 0.717) is 24.2 Å². The van der Waals surface area contributed by atoms with Crippen LogP contribution in [0, 0.1) is 19.7 Å².